The first-order valence-corrected chi connectivity index (χ1v) is 11.9. The number of piperidine rings is 1. The van der Waals surface area contributed by atoms with Crippen LogP contribution in [-0.2, 0) is 20.9 Å². The highest BCUT2D eigenvalue weighted by atomic mass is 35.5. The average Bonchev–Trinajstić information content (AvgIpc) is 3.56. The maximum atomic E-state index is 14.7. The van der Waals surface area contributed by atoms with Gasteiger partial charge in [0.2, 0.25) is 0 Å². The van der Waals surface area contributed by atoms with Crippen LogP contribution in [-0.4, -0.2) is 56.6 Å². The first-order valence-electron chi connectivity index (χ1n) is 11.4. The van der Waals surface area contributed by atoms with Crippen LogP contribution in [0.15, 0.2) is 36.0 Å². The van der Waals surface area contributed by atoms with Crippen molar-refractivity contribution < 1.29 is 18.7 Å². The van der Waals surface area contributed by atoms with Gasteiger partial charge in [-0.2, -0.15) is 12.6 Å². The Balaban J connectivity index is 0.00000324. The number of carbonyl (C=O) groups excluding carboxylic acids is 2. The summed E-state index contributed by atoms with van der Waals surface area (Å²) in [6, 6.07) is 5.96. The number of ether oxygens (including phenoxy) is 1. The summed E-state index contributed by atoms with van der Waals surface area (Å²) in [4.78, 5) is 26.8. The molecule has 2 aliphatic rings. The SMILES string of the molecule is CCOC(=O)CCn1cc(/C=C2\CN(C(C(=O)C3CC3)c3ccccc3F)CCC2S)nn1.Cl. The number of ketones is 1. The lowest BCUT2D eigenvalue weighted by Crippen LogP contribution is -2.42. The Kier molecular flexibility index (Phi) is 9.27. The van der Waals surface area contributed by atoms with Gasteiger partial charge in [-0.05, 0) is 43.9 Å². The van der Waals surface area contributed by atoms with E-state index in [-0.39, 0.29) is 47.6 Å². The van der Waals surface area contributed by atoms with E-state index >= 15 is 0 Å². The number of carbonyl (C=O) groups is 2. The normalized spacial score (nSPS) is 20.6. The van der Waals surface area contributed by atoms with Gasteiger partial charge in [-0.15, -0.1) is 17.5 Å². The van der Waals surface area contributed by atoms with Gasteiger partial charge in [0.05, 0.1) is 31.8 Å². The zero-order chi connectivity index (χ0) is 23.4. The Hall–Kier alpha value is -2.23. The first kappa shape index (κ1) is 26.4. The highest BCUT2D eigenvalue weighted by Gasteiger charge is 2.40. The van der Waals surface area contributed by atoms with Gasteiger partial charge in [-0.3, -0.25) is 19.2 Å². The Morgan fingerprint density at radius 2 is 2.06 bits per heavy atom. The van der Waals surface area contributed by atoms with Crippen molar-refractivity contribution in [1.29, 1.82) is 0 Å². The molecule has 2 heterocycles. The molecule has 1 aromatic carbocycles. The maximum absolute atomic E-state index is 14.7. The summed E-state index contributed by atoms with van der Waals surface area (Å²) in [5, 5.41) is 8.29. The summed E-state index contributed by atoms with van der Waals surface area (Å²) >= 11 is 4.74. The molecule has 4 rings (SSSR count). The molecule has 34 heavy (non-hydrogen) atoms. The Labute approximate surface area is 210 Å². The summed E-state index contributed by atoms with van der Waals surface area (Å²) in [5.74, 6) is -0.498. The molecular weight excluding hydrogens is 479 g/mol. The molecule has 2 aromatic rings. The van der Waals surface area contributed by atoms with Gasteiger partial charge in [0.1, 0.15) is 11.5 Å². The molecule has 1 aliphatic heterocycles. The lowest BCUT2D eigenvalue weighted by atomic mass is 9.93. The minimum Gasteiger partial charge on any atom is -0.466 e. The van der Waals surface area contributed by atoms with E-state index in [0.717, 1.165) is 24.8 Å². The molecule has 184 valence electrons. The number of nitrogens with zero attached hydrogens (tertiary/aromatic N) is 4. The summed E-state index contributed by atoms with van der Waals surface area (Å²) in [6.45, 7) is 3.67. The Morgan fingerprint density at radius 1 is 1.29 bits per heavy atom. The van der Waals surface area contributed by atoms with Gasteiger partial charge in [0.15, 0.2) is 5.78 Å². The maximum Gasteiger partial charge on any atom is 0.307 e. The van der Waals surface area contributed by atoms with Gasteiger partial charge >= 0.3 is 5.97 Å². The van der Waals surface area contributed by atoms with Crippen molar-refractivity contribution in [3.8, 4) is 0 Å². The van der Waals surface area contributed by atoms with E-state index in [2.05, 4.69) is 15.2 Å². The van der Waals surface area contributed by atoms with Crippen LogP contribution >= 0.6 is 25.0 Å². The van der Waals surface area contributed by atoms with Crippen LogP contribution in [0.2, 0.25) is 0 Å². The zero-order valence-electron chi connectivity index (χ0n) is 19.1. The molecule has 2 unspecified atom stereocenters. The molecule has 0 N–H and O–H groups in total. The van der Waals surface area contributed by atoms with Crippen molar-refractivity contribution in [3.63, 3.8) is 0 Å². The van der Waals surface area contributed by atoms with Crippen molar-refractivity contribution in [3.05, 3.63) is 53.1 Å². The predicted octanol–water partition coefficient (Wildman–Crippen LogP) is 3.90. The van der Waals surface area contributed by atoms with Gasteiger partial charge < -0.3 is 4.74 Å². The largest absolute Gasteiger partial charge is 0.466 e. The van der Waals surface area contributed by atoms with Crippen LogP contribution in [0.25, 0.3) is 6.08 Å². The number of Topliss-reactive ketones (excluding diaryl/α,β-unsaturated/α-hetero) is 1. The quantitative estimate of drug-likeness (QED) is 0.409. The first-order chi connectivity index (χ1) is 16.0. The Bertz CT molecular complexity index is 1040. The number of halogens is 2. The summed E-state index contributed by atoms with van der Waals surface area (Å²) < 4.78 is 21.2. The summed E-state index contributed by atoms with van der Waals surface area (Å²) in [5.41, 5.74) is 2.11. The number of hydrogen-bond donors (Lipinski definition) is 1. The molecule has 7 nitrogen and oxygen atoms in total. The van der Waals surface area contributed by atoms with Crippen LogP contribution in [0.1, 0.15) is 49.9 Å². The second-order valence-corrected chi connectivity index (χ2v) is 9.18. The second kappa shape index (κ2) is 12.0. The number of thiol groups is 1. The topological polar surface area (TPSA) is 77.3 Å². The minimum absolute atomic E-state index is 0. The highest BCUT2D eigenvalue weighted by molar-refractivity contribution is 7.81. The number of rotatable bonds is 9. The Morgan fingerprint density at radius 3 is 2.76 bits per heavy atom. The van der Waals surface area contributed by atoms with Crippen LogP contribution in [0.3, 0.4) is 0 Å². The molecule has 1 aliphatic carbocycles. The zero-order valence-corrected chi connectivity index (χ0v) is 20.8. The van der Waals surface area contributed by atoms with Crippen molar-refractivity contribution in [2.75, 3.05) is 19.7 Å². The fourth-order valence-corrected chi connectivity index (χ4v) is 4.46. The van der Waals surface area contributed by atoms with E-state index in [4.69, 9.17) is 17.4 Å². The van der Waals surface area contributed by atoms with Gasteiger partial charge in [-0.25, -0.2) is 4.39 Å². The van der Waals surface area contributed by atoms with Crippen LogP contribution < -0.4 is 0 Å². The van der Waals surface area contributed by atoms with E-state index in [9.17, 15) is 14.0 Å². The molecule has 1 aromatic heterocycles. The number of aromatic nitrogens is 3. The summed E-state index contributed by atoms with van der Waals surface area (Å²) in [6.07, 6.45) is 6.43. The predicted molar refractivity (Wildman–Crippen MR) is 132 cm³/mol. The fraction of sp³-hybridized carbons (Fsp3) is 0.500. The summed E-state index contributed by atoms with van der Waals surface area (Å²) in [7, 11) is 0. The number of aryl methyl sites for hydroxylation is 1. The van der Waals surface area contributed by atoms with Gasteiger partial charge in [-0.1, -0.05) is 23.4 Å². The number of hydrogen-bond acceptors (Lipinski definition) is 7. The molecule has 0 spiro atoms. The van der Waals surface area contributed by atoms with E-state index in [1.54, 1.807) is 36.0 Å². The van der Waals surface area contributed by atoms with Crippen molar-refractivity contribution in [2.45, 2.75) is 50.4 Å². The molecule has 1 saturated heterocycles. The van der Waals surface area contributed by atoms with E-state index < -0.39 is 6.04 Å². The molecular formula is C24H30ClFN4O3S. The molecule has 0 amide bonds. The van der Waals surface area contributed by atoms with E-state index in [1.807, 2.05) is 6.08 Å². The third-order valence-corrected chi connectivity index (χ3v) is 6.65. The van der Waals surface area contributed by atoms with Crippen LogP contribution in [0.4, 0.5) is 4.39 Å². The number of esters is 1. The standard InChI is InChI=1S/C24H29FN4O3S.ClH/c1-2-32-22(30)10-12-29-15-18(26-27-29)13-17-14-28(11-9-21(17)33)23(24(31)16-7-8-16)19-5-3-4-6-20(19)25;/h3-6,13,15-16,21,23,33H,2,7-12,14H2,1H3;1H/b17-13+;. The van der Waals surface area contributed by atoms with Crippen molar-refractivity contribution >= 4 is 42.9 Å². The average molecular weight is 509 g/mol. The lowest BCUT2D eigenvalue weighted by Gasteiger charge is -2.37. The third-order valence-electron chi connectivity index (χ3n) is 6.06. The van der Waals surface area contributed by atoms with Gasteiger partial charge in [0, 0.05) is 29.8 Å². The van der Waals surface area contributed by atoms with E-state index in [0.29, 0.717) is 37.5 Å². The monoisotopic (exact) mass is 508 g/mol. The smallest absolute Gasteiger partial charge is 0.307 e. The van der Waals surface area contributed by atoms with Crippen molar-refractivity contribution in [1.82, 2.24) is 19.9 Å². The molecule has 1 saturated carbocycles. The highest BCUT2D eigenvalue weighted by Crippen LogP contribution is 2.39. The fourth-order valence-electron chi connectivity index (χ4n) is 4.19. The van der Waals surface area contributed by atoms with Crippen LogP contribution in [0.5, 0.6) is 0 Å². The molecule has 0 bridgehead atoms. The number of benzene rings is 1. The molecule has 2 fully saturated rings. The van der Waals surface area contributed by atoms with Crippen LogP contribution in [0, 0.1) is 11.7 Å². The minimum atomic E-state index is -0.594. The molecule has 10 heteroatoms. The third kappa shape index (κ3) is 6.46. The van der Waals surface area contributed by atoms with Crippen molar-refractivity contribution in [2.24, 2.45) is 5.92 Å². The van der Waals surface area contributed by atoms with Gasteiger partial charge in [0.25, 0.3) is 0 Å². The second-order valence-electron chi connectivity index (χ2n) is 8.56. The lowest BCUT2D eigenvalue weighted by molar-refractivity contribution is -0.143. The van der Waals surface area contributed by atoms with E-state index in [1.165, 1.54) is 6.07 Å². The number of likely N-dealkylation sites (tertiary alicyclic amines) is 1. The molecule has 2 atom stereocenters. The molecule has 0 radical (unpaired) electrons.